The molecule has 0 saturated heterocycles. The Kier molecular flexibility index (Phi) is 10.3. The molecule has 1 atom stereocenters. The van der Waals surface area contributed by atoms with E-state index in [0.29, 0.717) is 5.56 Å². The number of hydrogen-bond donors (Lipinski definition) is 5. The minimum absolute atomic E-state index is 0.00755. The highest BCUT2D eigenvalue weighted by molar-refractivity contribution is 7.92. The highest BCUT2D eigenvalue weighted by atomic mass is 32.2. The molecule has 4 aromatic rings. The molecule has 13 heteroatoms. The van der Waals surface area contributed by atoms with E-state index >= 15 is 0 Å². The van der Waals surface area contributed by atoms with Crippen LogP contribution >= 0.6 is 0 Å². The number of benzene rings is 3. The number of urea groups is 1. The highest BCUT2D eigenvalue weighted by Gasteiger charge is 2.21. The van der Waals surface area contributed by atoms with E-state index in [2.05, 4.69) is 25.7 Å². The van der Waals surface area contributed by atoms with Crippen molar-refractivity contribution in [3.05, 3.63) is 120 Å². The summed E-state index contributed by atoms with van der Waals surface area (Å²) in [5.74, 6) is -1.17. The Hall–Kier alpha value is -5.43. The molecule has 0 saturated carbocycles. The molecule has 4 rings (SSSR count). The third kappa shape index (κ3) is 9.57. The third-order valence-electron chi connectivity index (χ3n) is 6.00. The SMILES string of the molecule is O=C(O)CC(NC(=O)OCc1ccccc1)c1cccc(NS(=O)(=O)c2cccc(NC(=O)NCc3cccnc3)c2)c1. The first-order chi connectivity index (χ1) is 20.7. The molecule has 0 bridgehead atoms. The van der Waals surface area contributed by atoms with E-state index in [1.54, 1.807) is 60.9 Å². The Morgan fingerprint density at radius 1 is 0.860 bits per heavy atom. The molecule has 222 valence electrons. The summed E-state index contributed by atoms with van der Waals surface area (Å²) in [5, 5.41) is 17.2. The van der Waals surface area contributed by atoms with Gasteiger partial charge in [-0.15, -0.1) is 0 Å². The van der Waals surface area contributed by atoms with Crippen LogP contribution < -0.4 is 20.7 Å². The number of alkyl carbamates (subject to hydrolysis) is 1. The molecule has 43 heavy (non-hydrogen) atoms. The molecule has 5 N–H and O–H groups in total. The van der Waals surface area contributed by atoms with Crippen LogP contribution in [-0.2, 0) is 32.7 Å². The lowest BCUT2D eigenvalue weighted by atomic mass is 10.0. The summed E-state index contributed by atoms with van der Waals surface area (Å²) in [7, 11) is -4.11. The molecule has 0 radical (unpaired) electrons. The van der Waals surface area contributed by atoms with Crippen molar-refractivity contribution in [2.24, 2.45) is 0 Å². The number of nitrogens with one attached hydrogen (secondary N) is 4. The van der Waals surface area contributed by atoms with Crippen LogP contribution in [-0.4, -0.2) is 36.6 Å². The van der Waals surface area contributed by atoms with E-state index < -0.39 is 40.6 Å². The third-order valence-corrected chi connectivity index (χ3v) is 7.38. The summed E-state index contributed by atoms with van der Waals surface area (Å²) in [5.41, 5.74) is 2.29. The van der Waals surface area contributed by atoms with Gasteiger partial charge in [0.05, 0.1) is 17.4 Å². The first-order valence-electron chi connectivity index (χ1n) is 13.0. The van der Waals surface area contributed by atoms with Crippen molar-refractivity contribution in [3.63, 3.8) is 0 Å². The molecule has 12 nitrogen and oxygen atoms in total. The van der Waals surface area contributed by atoms with Crippen molar-refractivity contribution < 1.29 is 32.6 Å². The van der Waals surface area contributed by atoms with Crippen molar-refractivity contribution in [3.8, 4) is 0 Å². The first kappa shape index (κ1) is 30.5. The Labute approximate surface area is 248 Å². The smallest absolute Gasteiger partial charge is 0.407 e. The van der Waals surface area contributed by atoms with Gasteiger partial charge in [0.2, 0.25) is 0 Å². The summed E-state index contributed by atoms with van der Waals surface area (Å²) in [6.45, 7) is 0.227. The zero-order valence-corrected chi connectivity index (χ0v) is 23.6. The zero-order valence-electron chi connectivity index (χ0n) is 22.8. The van der Waals surface area contributed by atoms with Gasteiger partial charge >= 0.3 is 18.1 Å². The largest absolute Gasteiger partial charge is 0.481 e. The van der Waals surface area contributed by atoms with Crippen LogP contribution in [0.5, 0.6) is 0 Å². The van der Waals surface area contributed by atoms with Crippen LogP contribution in [0.3, 0.4) is 0 Å². The summed E-state index contributed by atoms with van der Waals surface area (Å²) >= 11 is 0. The molecule has 0 aliphatic heterocycles. The van der Waals surface area contributed by atoms with Gasteiger partial charge in [0, 0.05) is 30.3 Å². The minimum atomic E-state index is -4.11. The fraction of sp³-hybridized carbons (Fsp3) is 0.133. The number of aromatic nitrogens is 1. The summed E-state index contributed by atoms with van der Waals surface area (Å²) in [4.78, 5) is 40.1. The second-order valence-electron chi connectivity index (χ2n) is 9.28. The maximum absolute atomic E-state index is 13.2. The van der Waals surface area contributed by atoms with Gasteiger partial charge < -0.3 is 25.8 Å². The quantitative estimate of drug-likeness (QED) is 0.155. The molecule has 1 aromatic heterocycles. The lowest BCUT2D eigenvalue weighted by molar-refractivity contribution is -0.137. The molecule has 0 aliphatic rings. The van der Waals surface area contributed by atoms with Crippen molar-refractivity contribution in [2.45, 2.75) is 30.5 Å². The number of carbonyl (C=O) groups excluding carboxylic acids is 2. The number of anilines is 2. The van der Waals surface area contributed by atoms with Crippen LogP contribution in [0, 0.1) is 0 Å². The van der Waals surface area contributed by atoms with Gasteiger partial charge in [-0.05, 0) is 53.1 Å². The fourth-order valence-corrected chi connectivity index (χ4v) is 5.06. The van der Waals surface area contributed by atoms with E-state index in [-0.39, 0.29) is 29.4 Å². The normalized spacial score (nSPS) is 11.5. The van der Waals surface area contributed by atoms with Gasteiger partial charge in [-0.3, -0.25) is 14.5 Å². The Morgan fingerprint density at radius 3 is 2.35 bits per heavy atom. The van der Waals surface area contributed by atoms with E-state index in [1.807, 2.05) is 6.07 Å². The molecule has 1 heterocycles. The number of nitrogens with zero attached hydrogens (tertiary/aromatic N) is 1. The van der Waals surface area contributed by atoms with Crippen LogP contribution in [0.4, 0.5) is 21.0 Å². The number of aliphatic carboxylic acids is 1. The van der Waals surface area contributed by atoms with Crippen LogP contribution in [0.1, 0.15) is 29.2 Å². The van der Waals surface area contributed by atoms with E-state index in [9.17, 15) is 27.9 Å². The van der Waals surface area contributed by atoms with Crippen molar-refractivity contribution in [1.82, 2.24) is 15.6 Å². The lowest BCUT2D eigenvalue weighted by Crippen LogP contribution is -2.30. The van der Waals surface area contributed by atoms with Gasteiger partial charge in [0.15, 0.2) is 0 Å². The number of carboxylic acids is 1. The highest BCUT2D eigenvalue weighted by Crippen LogP contribution is 2.24. The number of carbonyl (C=O) groups is 3. The number of carboxylic acid groups (broad SMARTS) is 1. The van der Waals surface area contributed by atoms with Gasteiger partial charge in [-0.25, -0.2) is 18.0 Å². The van der Waals surface area contributed by atoms with Gasteiger partial charge in [-0.1, -0.05) is 54.6 Å². The average Bonchev–Trinajstić information content (AvgIpc) is 2.99. The second kappa shape index (κ2) is 14.5. The zero-order chi connectivity index (χ0) is 30.7. The predicted molar refractivity (Wildman–Crippen MR) is 159 cm³/mol. The molecule has 0 fully saturated rings. The maximum atomic E-state index is 13.2. The van der Waals surface area contributed by atoms with E-state index in [0.717, 1.165) is 11.1 Å². The summed E-state index contributed by atoms with van der Waals surface area (Å²) in [6.07, 6.45) is 1.95. The van der Waals surface area contributed by atoms with Crippen molar-refractivity contribution >= 4 is 39.5 Å². The molecular weight excluding hydrogens is 574 g/mol. The fourth-order valence-electron chi connectivity index (χ4n) is 3.97. The lowest BCUT2D eigenvalue weighted by Gasteiger charge is -2.18. The topological polar surface area (TPSA) is 176 Å². The molecule has 3 amide bonds. The number of rotatable bonds is 12. The minimum Gasteiger partial charge on any atom is -0.481 e. The second-order valence-corrected chi connectivity index (χ2v) is 11.0. The van der Waals surface area contributed by atoms with Crippen LogP contribution in [0.25, 0.3) is 0 Å². The number of ether oxygens (including phenoxy) is 1. The van der Waals surface area contributed by atoms with Crippen LogP contribution in [0.2, 0.25) is 0 Å². The molecular formula is C30H29N5O7S. The molecule has 0 spiro atoms. The van der Waals surface area contributed by atoms with Crippen molar-refractivity contribution in [1.29, 1.82) is 0 Å². The molecule has 3 aromatic carbocycles. The maximum Gasteiger partial charge on any atom is 0.407 e. The Balaban J connectivity index is 1.41. The van der Waals surface area contributed by atoms with Gasteiger partial charge in [-0.2, -0.15) is 0 Å². The summed E-state index contributed by atoms with van der Waals surface area (Å²) < 4.78 is 34.0. The molecule has 0 aliphatic carbocycles. The molecule has 1 unspecified atom stereocenters. The average molecular weight is 604 g/mol. The monoisotopic (exact) mass is 603 g/mol. The summed E-state index contributed by atoms with van der Waals surface area (Å²) in [6, 6.07) is 22.7. The number of sulfonamides is 1. The van der Waals surface area contributed by atoms with Gasteiger partial charge in [0.1, 0.15) is 6.61 Å². The predicted octanol–water partition coefficient (Wildman–Crippen LogP) is 4.65. The number of hydrogen-bond acceptors (Lipinski definition) is 7. The van der Waals surface area contributed by atoms with Crippen molar-refractivity contribution in [2.75, 3.05) is 10.0 Å². The van der Waals surface area contributed by atoms with Gasteiger partial charge in [0.25, 0.3) is 10.0 Å². The number of amides is 3. The Morgan fingerprint density at radius 2 is 1.60 bits per heavy atom. The standard InChI is InChI=1S/C30H29N5O7S/c36-28(37)17-27(34-30(39)42-20-21-7-2-1-3-8-21)23-10-4-12-25(15-23)35-43(40,41)26-13-5-11-24(16-26)33-29(38)32-19-22-9-6-14-31-18-22/h1-16,18,27,35H,17,19-20H2,(H,34,39)(H,36,37)(H2,32,33,38). The number of pyridine rings is 1. The Bertz CT molecular complexity index is 1670. The first-order valence-corrected chi connectivity index (χ1v) is 14.5. The van der Waals surface area contributed by atoms with E-state index in [1.165, 1.54) is 36.4 Å². The van der Waals surface area contributed by atoms with Crippen LogP contribution in [0.15, 0.2) is 108 Å². The van der Waals surface area contributed by atoms with E-state index in [4.69, 9.17) is 4.74 Å².